The Labute approximate surface area is 69.1 Å². The van der Waals surface area contributed by atoms with E-state index in [-0.39, 0.29) is 12.5 Å². The highest BCUT2D eigenvalue weighted by Gasteiger charge is 2.17. The van der Waals surface area contributed by atoms with E-state index in [9.17, 15) is 4.79 Å². The molecule has 64 valence electrons. The van der Waals surface area contributed by atoms with Crippen LogP contribution in [0.25, 0.3) is 0 Å². The van der Waals surface area contributed by atoms with Crippen molar-refractivity contribution in [2.24, 2.45) is 0 Å². The Hall–Kier alpha value is -1.52. The van der Waals surface area contributed by atoms with Crippen molar-refractivity contribution >= 4 is 11.6 Å². The molecule has 5 nitrogen and oxygen atoms in total. The zero-order chi connectivity index (χ0) is 8.55. The maximum Gasteiger partial charge on any atom is 0.239 e. The Balaban J connectivity index is 2.33. The summed E-state index contributed by atoms with van der Waals surface area (Å²) >= 11 is 0. The Morgan fingerprint density at radius 3 is 3.08 bits per heavy atom. The zero-order valence-electron chi connectivity index (χ0n) is 6.68. The Morgan fingerprint density at radius 1 is 1.42 bits per heavy atom. The molecule has 5 heteroatoms. The number of aryl methyl sites for hydroxylation is 1. The lowest BCUT2D eigenvalue weighted by Gasteiger charge is -1.97. The van der Waals surface area contributed by atoms with Crippen molar-refractivity contribution in [1.82, 2.24) is 10.5 Å². The van der Waals surface area contributed by atoms with Gasteiger partial charge in [-0.05, 0) is 6.92 Å². The largest absolute Gasteiger partial charge is 0.372 e. The quantitative estimate of drug-likeness (QED) is 0.571. The van der Waals surface area contributed by atoms with Crippen LogP contribution in [0.15, 0.2) is 4.52 Å². The van der Waals surface area contributed by atoms with Gasteiger partial charge in [-0.25, -0.2) is 0 Å². The predicted octanol–water partition coefficient (Wildman–Crippen LogP) is 0.0247. The molecule has 1 aliphatic heterocycles. The van der Waals surface area contributed by atoms with Gasteiger partial charge in [-0.3, -0.25) is 4.79 Å². The molecule has 0 atom stereocenters. The van der Waals surface area contributed by atoms with Crippen molar-refractivity contribution in [3.8, 4) is 0 Å². The first-order valence-electron chi connectivity index (χ1n) is 3.73. The molecule has 0 saturated heterocycles. The van der Waals surface area contributed by atoms with Crippen molar-refractivity contribution in [2.45, 2.75) is 13.5 Å². The lowest BCUT2D eigenvalue weighted by Crippen LogP contribution is -2.26. The van der Waals surface area contributed by atoms with E-state index in [1.807, 2.05) is 6.92 Å². The molecule has 1 aromatic heterocycles. The van der Waals surface area contributed by atoms with Crippen LogP contribution in [-0.4, -0.2) is 17.6 Å². The van der Waals surface area contributed by atoms with Gasteiger partial charge in [-0.1, -0.05) is 5.16 Å². The van der Waals surface area contributed by atoms with Gasteiger partial charge in [0, 0.05) is 0 Å². The molecule has 1 aliphatic rings. The maximum atomic E-state index is 10.9. The molecule has 1 aromatic rings. The van der Waals surface area contributed by atoms with Crippen LogP contribution in [0.2, 0.25) is 0 Å². The number of carbonyl (C=O) groups is 1. The van der Waals surface area contributed by atoms with Gasteiger partial charge in [0.15, 0.2) is 5.76 Å². The van der Waals surface area contributed by atoms with E-state index in [0.717, 1.165) is 17.1 Å². The first kappa shape index (κ1) is 7.15. The molecular formula is C7H9N3O2. The second-order valence-corrected chi connectivity index (χ2v) is 2.69. The average Bonchev–Trinajstić information content (AvgIpc) is 2.28. The molecule has 0 bridgehead atoms. The van der Waals surface area contributed by atoms with Crippen molar-refractivity contribution in [1.29, 1.82) is 0 Å². The fourth-order valence-corrected chi connectivity index (χ4v) is 1.18. The summed E-state index contributed by atoms with van der Waals surface area (Å²) in [6.07, 6.45) is 0. The number of hydrogen-bond donors (Lipinski definition) is 2. The van der Waals surface area contributed by atoms with Gasteiger partial charge in [0.25, 0.3) is 0 Å². The number of fused-ring (bicyclic) bond motifs is 1. The molecule has 2 heterocycles. The number of aromatic nitrogens is 1. The van der Waals surface area contributed by atoms with E-state index in [2.05, 4.69) is 15.8 Å². The smallest absolute Gasteiger partial charge is 0.239 e. The van der Waals surface area contributed by atoms with Crippen molar-refractivity contribution in [3.63, 3.8) is 0 Å². The van der Waals surface area contributed by atoms with Gasteiger partial charge in [-0.2, -0.15) is 0 Å². The lowest BCUT2D eigenvalue weighted by atomic mass is 10.3. The lowest BCUT2D eigenvalue weighted by molar-refractivity contribution is -0.119. The number of rotatable bonds is 0. The maximum absolute atomic E-state index is 10.9. The monoisotopic (exact) mass is 167 g/mol. The Bertz CT molecular complexity index is 318. The minimum Gasteiger partial charge on any atom is -0.372 e. The summed E-state index contributed by atoms with van der Waals surface area (Å²) in [7, 11) is 0. The molecule has 12 heavy (non-hydrogen) atoms. The highest BCUT2D eigenvalue weighted by molar-refractivity contribution is 5.82. The second-order valence-electron chi connectivity index (χ2n) is 2.69. The molecule has 1 amide bonds. The summed E-state index contributed by atoms with van der Waals surface area (Å²) < 4.78 is 4.94. The van der Waals surface area contributed by atoms with Crippen LogP contribution in [0.3, 0.4) is 0 Å². The first-order chi connectivity index (χ1) is 5.77. The van der Waals surface area contributed by atoms with Crippen LogP contribution >= 0.6 is 0 Å². The van der Waals surface area contributed by atoms with E-state index in [1.54, 1.807) is 0 Å². The summed E-state index contributed by atoms with van der Waals surface area (Å²) in [6.45, 7) is 2.54. The van der Waals surface area contributed by atoms with E-state index in [4.69, 9.17) is 4.52 Å². The minimum absolute atomic E-state index is 0.0209. The molecule has 2 rings (SSSR count). The van der Waals surface area contributed by atoms with Crippen LogP contribution in [0.1, 0.15) is 11.5 Å². The molecule has 0 fully saturated rings. The number of anilines is 1. The second kappa shape index (κ2) is 2.51. The van der Waals surface area contributed by atoms with Crippen molar-refractivity contribution < 1.29 is 9.32 Å². The van der Waals surface area contributed by atoms with Gasteiger partial charge in [0.1, 0.15) is 11.4 Å². The van der Waals surface area contributed by atoms with Gasteiger partial charge in [-0.15, -0.1) is 0 Å². The SMILES string of the molecule is Cc1onc2c1NCC(=O)NC2. The molecule has 0 saturated carbocycles. The number of amides is 1. The topological polar surface area (TPSA) is 67.2 Å². The Kier molecular flexibility index (Phi) is 1.49. The molecule has 0 aliphatic carbocycles. The highest BCUT2D eigenvalue weighted by Crippen LogP contribution is 2.20. The van der Waals surface area contributed by atoms with Crippen molar-refractivity contribution in [3.05, 3.63) is 11.5 Å². The standard InChI is InChI=1S/C7H9N3O2/c1-4-7-5(10-12-4)2-8-6(11)3-9-7/h9H,2-3H2,1H3,(H,8,11). The fraction of sp³-hybridized carbons (Fsp3) is 0.429. The van der Waals surface area contributed by atoms with Gasteiger partial charge in [0.2, 0.25) is 5.91 Å². The van der Waals surface area contributed by atoms with Crippen LogP contribution in [0, 0.1) is 6.92 Å². The third-order valence-electron chi connectivity index (χ3n) is 1.81. The minimum atomic E-state index is -0.0209. The summed E-state index contributed by atoms with van der Waals surface area (Å²) in [5, 5.41) is 9.44. The van der Waals surface area contributed by atoms with E-state index >= 15 is 0 Å². The van der Waals surface area contributed by atoms with Crippen molar-refractivity contribution in [2.75, 3.05) is 11.9 Å². The summed E-state index contributed by atoms with van der Waals surface area (Å²) in [5.41, 5.74) is 1.60. The molecule has 2 N–H and O–H groups in total. The Morgan fingerprint density at radius 2 is 2.25 bits per heavy atom. The predicted molar refractivity (Wildman–Crippen MR) is 41.6 cm³/mol. The third-order valence-corrected chi connectivity index (χ3v) is 1.81. The van der Waals surface area contributed by atoms with E-state index < -0.39 is 0 Å². The first-order valence-corrected chi connectivity index (χ1v) is 3.73. The molecular weight excluding hydrogens is 158 g/mol. The summed E-state index contributed by atoms with van der Waals surface area (Å²) in [4.78, 5) is 10.9. The number of nitrogens with one attached hydrogen (secondary N) is 2. The fourth-order valence-electron chi connectivity index (χ4n) is 1.18. The zero-order valence-corrected chi connectivity index (χ0v) is 6.68. The third kappa shape index (κ3) is 1.03. The molecule has 0 unspecified atom stereocenters. The number of carbonyl (C=O) groups excluding carboxylic acids is 1. The number of nitrogens with zero attached hydrogens (tertiary/aromatic N) is 1. The van der Waals surface area contributed by atoms with Gasteiger partial charge >= 0.3 is 0 Å². The highest BCUT2D eigenvalue weighted by atomic mass is 16.5. The normalized spacial score (nSPS) is 15.9. The van der Waals surface area contributed by atoms with Crippen LogP contribution < -0.4 is 10.6 Å². The average molecular weight is 167 g/mol. The van der Waals surface area contributed by atoms with Crippen LogP contribution in [-0.2, 0) is 11.3 Å². The molecule has 0 aromatic carbocycles. The summed E-state index contributed by atoms with van der Waals surface area (Å²) in [6, 6.07) is 0. The molecule has 0 radical (unpaired) electrons. The van der Waals surface area contributed by atoms with Crippen LogP contribution in [0.4, 0.5) is 5.69 Å². The van der Waals surface area contributed by atoms with E-state index in [0.29, 0.717) is 6.54 Å². The van der Waals surface area contributed by atoms with Gasteiger partial charge < -0.3 is 15.2 Å². The van der Waals surface area contributed by atoms with Gasteiger partial charge in [0.05, 0.1) is 13.1 Å². The van der Waals surface area contributed by atoms with Crippen LogP contribution in [0.5, 0.6) is 0 Å². The molecule has 0 spiro atoms. The van der Waals surface area contributed by atoms with E-state index in [1.165, 1.54) is 0 Å². The number of hydrogen-bond acceptors (Lipinski definition) is 4. The summed E-state index contributed by atoms with van der Waals surface area (Å²) in [5.74, 6) is 0.703.